The number of aliphatic carboxylic acids is 1. The summed E-state index contributed by atoms with van der Waals surface area (Å²) in [4.78, 5) is 24.5. The zero-order chi connectivity index (χ0) is 16.2. The molecule has 1 N–H and O–H groups in total. The number of halogens is 1. The highest BCUT2D eigenvalue weighted by Crippen LogP contribution is 2.23. The van der Waals surface area contributed by atoms with Crippen LogP contribution in [0.2, 0.25) is 5.02 Å². The minimum Gasteiger partial charge on any atom is -0.481 e. The van der Waals surface area contributed by atoms with Crippen molar-refractivity contribution in [1.82, 2.24) is 4.90 Å². The van der Waals surface area contributed by atoms with Crippen LogP contribution in [0.3, 0.4) is 0 Å². The van der Waals surface area contributed by atoms with Crippen LogP contribution >= 0.6 is 11.6 Å². The van der Waals surface area contributed by atoms with Crippen LogP contribution < -0.4 is 4.74 Å². The van der Waals surface area contributed by atoms with Gasteiger partial charge in [-0.2, -0.15) is 0 Å². The molecule has 0 radical (unpaired) electrons. The summed E-state index contributed by atoms with van der Waals surface area (Å²) < 4.78 is 5.61. The first-order chi connectivity index (χ1) is 9.77. The van der Waals surface area contributed by atoms with Crippen LogP contribution in [-0.4, -0.2) is 41.1 Å². The molecule has 1 aromatic rings. The lowest BCUT2D eigenvalue weighted by molar-refractivity contribution is -0.151. The van der Waals surface area contributed by atoms with E-state index in [0.717, 1.165) is 5.56 Å². The number of hydrogen-bond acceptors (Lipinski definition) is 3. The molecule has 0 aliphatic rings. The molecule has 21 heavy (non-hydrogen) atoms. The van der Waals surface area contributed by atoms with Crippen molar-refractivity contribution < 1.29 is 19.4 Å². The maximum Gasteiger partial charge on any atom is 0.326 e. The van der Waals surface area contributed by atoms with Crippen LogP contribution in [-0.2, 0) is 9.59 Å². The summed E-state index contributed by atoms with van der Waals surface area (Å²) in [6.45, 7) is 5.15. The first kappa shape index (κ1) is 17.3. The van der Waals surface area contributed by atoms with Crippen molar-refractivity contribution in [2.75, 3.05) is 7.05 Å². The topological polar surface area (TPSA) is 66.8 Å². The van der Waals surface area contributed by atoms with E-state index in [1.54, 1.807) is 32.0 Å². The highest BCUT2D eigenvalue weighted by atomic mass is 35.5. The molecule has 1 aromatic carbocycles. The van der Waals surface area contributed by atoms with Gasteiger partial charge in [0.1, 0.15) is 11.8 Å². The molecule has 0 heterocycles. The van der Waals surface area contributed by atoms with Gasteiger partial charge in [0.25, 0.3) is 5.91 Å². The summed E-state index contributed by atoms with van der Waals surface area (Å²) in [6, 6.07) is 4.26. The van der Waals surface area contributed by atoms with Crippen molar-refractivity contribution in [2.45, 2.75) is 39.3 Å². The zero-order valence-corrected chi connectivity index (χ0v) is 13.3. The zero-order valence-electron chi connectivity index (χ0n) is 12.6. The lowest BCUT2D eigenvalue weighted by Crippen LogP contribution is -2.47. The van der Waals surface area contributed by atoms with Gasteiger partial charge in [-0.15, -0.1) is 0 Å². The number of benzene rings is 1. The fourth-order valence-electron chi connectivity index (χ4n) is 2.04. The van der Waals surface area contributed by atoms with Crippen LogP contribution in [0.25, 0.3) is 0 Å². The van der Waals surface area contributed by atoms with Gasteiger partial charge in [0.05, 0.1) is 0 Å². The van der Waals surface area contributed by atoms with Gasteiger partial charge in [-0.1, -0.05) is 18.5 Å². The lowest BCUT2D eigenvalue weighted by atomic mass is 10.2. The summed E-state index contributed by atoms with van der Waals surface area (Å²) in [5.74, 6) is -0.848. The minimum atomic E-state index is -1.02. The fourth-order valence-corrected chi connectivity index (χ4v) is 2.27. The number of carboxylic acid groups (broad SMARTS) is 1. The normalized spacial score (nSPS) is 13.4. The predicted molar refractivity (Wildman–Crippen MR) is 80.8 cm³/mol. The molecule has 0 aliphatic carbocycles. The molecule has 0 fully saturated rings. The third-order valence-electron chi connectivity index (χ3n) is 3.28. The summed E-state index contributed by atoms with van der Waals surface area (Å²) in [5, 5.41) is 9.68. The molecule has 0 saturated heterocycles. The molecule has 6 heteroatoms. The molecule has 2 unspecified atom stereocenters. The van der Waals surface area contributed by atoms with Crippen molar-refractivity contribution in [3.05, 3.63) is 28.8 Å². The average molecular weight is 314 g/mol. The SMILES string of the molecule is CCC(C(=O)O)N(C)C(=O)C(C)Oc1ccc(Cl)cc1C. The van der Waals surface area contributed by atoms with E-state index in [1.807, 2.05) is 6.92 Å². The molecular formula is C15H20ClNO4. The second kappa shape index (κ2) is 7.31. The standard InChI is InChI=1S/C15H20ClNO4/c1-5-12(15(19)20)17(4)14(18)10(3)21-13-7-6-11(16)8-9(13)2/h6-8,10,12H,5H2,1-4H3,(H,19,20). The molecule has 2 atom stereocenters. The van der Waals surface area contributed by atoms with Crippen LogP contribution in [0.5, 0.6) is 5.75 Å². The van der Waals surface area contributed by atoms with E-state index in [0.29, 0.717) is 17.2 Å². The molecular weight excluding hydrogens is 294 g/mol. The van der Waals surface area contributed by atoms with Gasteiger partial charge in [-0.05, 0) is 44.0 Å². The Morgan fingerprint density at radius 1 is 1.43 bits per heavy atom. The molecule has 1 rings (SSSR count). The van der Waals surface area contributed by atoms with E-state index in [4.69, 9.17) is 21.4 Å². The van der Waals surface area contributed by atoms with Gasteiger partial charge in [0.2, 0.25) is 0 Å². The predicted octanol–water partition coefficient (Wildman–Crippen LogP) is 2.74. The first-order valence-corrected chi connectivity index (χ1v) is 7.08. The van der Waals surface area contributed by atoms with Crippen LogP contribution in [0.1, 0.15) is 25.8 Å². The number of nitrogens with zero attached hydrogens (tertiary/aromatic N) is 1. The van der Waals surface area contributed by atoms with Gasteiger partial charge in [0.15, 0.2) is 6.10 Å². The Hall–Kier alpha value is -1.75. The van der Waals surface area contributed by atoms with E-state index in [2.05, 4.69) is 0 Å². The van der Waals surface area contributed by atoms with Gasteiger partial charge in [-0.3, -0.25) is 4.79 Å². The van der Waals surface area contributed by atoms with Gasteiger partial charge in [0, 0.05) is 12.1 Å². The summed E-state index contributed by atoms with van der Waals surface area (Å²) in [5.41, 5.74) is 0.815. The molecule has 1 amide bonds. The van der Waals surface area contributed by atoms with Crippen LogP contribution in [0, 0.1) is 6.92 Å². The smallest absolute Gasteiger partial charge is 0.326 e. The molecule has 0 aliphatic heterocycles. The minimum absolute atomic E-state index is 0.338. The van der Waals surface area contributed by atoms with Crippen molar-refractivity contribution in [1.29, 1.82) is 0 Å². The Balaban J connectivity index is 2.80. The number of carboxylic acids is 1. The fraction of sp³-hybridized carbons (Fsp3) is 0.467. The van der Waals surface area contributed by atoms with Gasteiger partial charge >= 0.3 is 5.97 Å². The molecule has 0 saturated carbocycles. The monoisotopic (exact) mass is 313 g/mol. The van der Waals surface area contributed by atoms with Crippen molar-refractivity contribution >= 4 is 23.5 Å². The van der Waals surface area contributed by atoms with Crippen molar-refractivity contribution in [3.63, 3.8) is 0 Å². The summed E-state index contributed by atoms with van der Waals surface area (Å²) in [7, 11) is 1.47. The van der Waals surface area contributed by atoms with Crippen molar-refractivity contribution in [2.24, 2.45) is 0 Å². The Labute approximate surface area is 129 Å². The Morgan fingerprint density at radius 2 is 2.05 bits per heavy atom. The Kier molecular flexibility index (Phi) is 6.03. The average Bonchev–Trinajstić information content (AvgIpc) is 2.41. The van der Waals surface area contributed by atoms with E-state index in [-0.39, 0.29) is 5.91 Å². The van der Waals surface area contributed by atoms with Gasteiger partial charge < -0.3 is 14.7 Å². The summed E-state index contributed by atoms with van der Waals surface area (Å²) >= 11 is 5.87. The second-order valence-corrected chi connectivity index (χ2v) is 5.32. The van der Waals surface area contributed by atoms with E-state index < -0.39 is 18.1 Å². The Bertz CT molecular complexity index is 532. The molecule has 0 spiro atoms. The lowest BCUT2D eigenvalue weighted by Gasteiger charge is -2.27. The third kappa shape index (κ3) is 4.36. The number of carbonyl (C=O) groups is 2. The molecule has 0 aromatic heterocycles. The third-order valence-corrected chi connectivity index (χ3v) is 3.51. The summed E-state index contributed by atoms with van der Waals surface area (Å²) in [6.07, 6.45) is -0.437. The maximum atomic E-state index is 12.2. The highest BCUT2D eigenvalue weighted by Gasteiger charge is 2.29. The largest absolute Gasteiger partial charge is 0.481 e. The maximum absolute atomic E-state index is 12.2. The number of hydrogen-bond donors (Lipinski definition) is 1. The number of aryl methyl sites for hydroxylation is 1. The van der Waals surface area contributed by atoms with Crippen LogP contribution in [0.15, 0.2) is 18.2 Å². The number of likely N-dealkylation sites (N-methyl/N-ethyl adjacent to an activating group) is 1. The highest BCUT2D eigenvalue weighted by molar-refractivity contribution is 6.30. The first-order valence-electron chi connectivity index (χ1n) is 6.70. The van der Waals surface area contributed by atoms with E-state index in [1.165, 1.54) is 11.9 Å². The van der Waals surface area contributed by atoms with Crippen LogP contribution in [0.4, 0.5) is 0 Å². The molecule has 5 nitrogen and oxygen atoms in total. The molecule has 116 valence electrons. The quantitative estimate of drug-likeness (QED) is 0.877. The van der Waals surface area contributed by atoms with E-state index >= 15 is 0 Å². The van der Waals surface area contributed by atoms with E-state index in [9.17, 15) is 9.59 Å². The number of carbonyl (C=O) groups excluding carboxylic acids is 1. The number of rotatable bonds is 6. The second-order valence-electron chi connectivity index (χ2n) is 4.88. The van der Waals surface area contributed by atoms with Crippen molar-refractivity contribution in [3.8, 4) is 5.75 Å². The molecule has 0 bridgehead atoms. The number of ether oxygens (including phenoxy) is 1. The Morgan fingerprint density at radius 3 is 2.52 bits per heavy atom. The van der Waals surface area contributed by atoms with Gasteiger partial charge in [-0.25, -0.2) is 4.79 Å². The number of amides is 1.